The standard InChI is InChI=1S/C13H19F3N2O2S/c14-13(15,16)4-5-18(6-9(20)8-19)7-12-17-10-2-1-3-11(10)21-12/h9,19-20H,1-8H2/t9-/m0/s1. The first-order valence-electron chi connectivity index (χ1n) is 6.93. The van der Waals surface area contributed by atoms with Crippen molar-refractivity contribution < 1.29 is 23.4 Å². The summed E-state index contributed by atoms with van der Waals surface area (Å²) in [5.41, 5.74) is 1.06. The minimum Gasteiger partial charge on any atom is -0.394 e. The van der Waals surface area contributed by atoms with Crippen LogP contribution in [0.5, 0.6) is 0 Å². The van der Waals surface area contributed by atoms with Crippen LogP contribution in [0.15, 0.2) is 0 Å². The number of aryl methyl sites for hydroxylation is 2. The van der Waals surface area contributed by atoms with E-state index in [2.05, 4.69) is 4.98 Å². The number of fused-ring (bicyclic) bond motifs is 1. The van der Waals surface area contributed by atoms with E-state index in [1.165, 1.54) is 9.78 Å². The molecule has 0 bridgehead atoms. The van der Waals surface area contributed by atoms with Gasteiger partial charge in [0.1, 0.15) is 5.01 Å². The number of aromatic nitrogens is 1. The number of halogens is 3. The first kappa shape index (κ1) is 16.7. The van der Waals surface area contributed by atoms with E-state index in [0.717, 1.165) is 30.0 Å². The maximum atomic E-state index is 12.4. The molecule has 1 aromatic heterocycles. The zero-order valence-corrected chi connectivity index (χ0v) is 12.4. The Bertz CT molecular complexity index is 443. The number of hydrogen-bond donors (Lipinski definition) is 2. The predicted octanol–water partition coefficient (Wildman–Crippen LogP) is 1.74. The Morgan fingerprint density at radius 3 is 2.71 bits per heavy atom. The molecule has 1 aliphatic rings. The highest BCUT2D eigenvalue weighted by molar-refractivity contribution is 7.11. The van der Waals surface area contributed by atoms with Gasteiger partial charge < -0.3 is 10.2 Å². The molecule has 0 saturated carbocycles. The Kier molecular flexibility index (Phi) is 5.59. The number of nitrogens with zero attached hydrogens (tertiary/aromatic N) is 2. The van der Waals surface area contributed by atoms with Gasteiger partial charge in [-0.15, -0.1) is 11.3 Å². The molecular weight excluding hydrogens is 305 g/mol. The lowest BCUT2D eigenvalue weighted by Crippen LogP contribution is -2.36. The van der Waals surface area contributed by atoms with Crippen LogP contribution in [0.2, 0.25) is 0 Å². The minimum absolute atomic E-state index is 0.0107. The van der Waals surface area contributed by atoms with Gasteiger partial charge in [-0.3, -0.25) is 4.90 Å². The zero-order valence-electron chi connectivity index (χ0n) is 11.6. The van der Waals surface area contributed by atoms with Crippen molar-refractivity contribution in [1.82, 2.24) is 9.88 Å². The van der Waals surface area contributed by atoms with Crippen molar-refractivity contribution in [3.05, 3.63) is 15.6 Å². The third-order valence-electron chi connectivity index (χ3n) is 3.39. The fraction of sp³-hybridized carbons (Fsp3) is 0.769. The van der Waals surface area contributed by atoms with Crippen molar-refractivity contribution in [2.45, 2.75) is 44.5 Å². The van der Waals surface area contributed by atoms with Crippen LogP contribution in [0, 0.1) is 0 Å². The summed E-state index contributed by atoms with van der Waals surface area (Å²) in [6, 6.07) is 0. The van der Waals surface area contributed by atoms with Crippen LogP contribution >= 0.6 is 11.3 Å². The Balaban J connectivity index is 1.96. The third kappa shape index (κ3) is 5.21. The number of aliphatic hydroxyl groups excluding tert-OH is 2. The van der Waals surface area contributed by atoms with Crippen LogP contribution in [-0.4, -0.2) is 52.1 Å². The number of alkyl halides is 3. The van der Waals surface area contributed by atoms with Gasteiger partial charge in [-0.25, -0.2) is 4.98 Å². The molecule has 0 saturated heterocycles. The molecule has 120 valence electrons. The third-order valence-corrected chi connectivity index (χ3v) is 4.53. The molecule has 1 heterocycles. The van der Waals surface area contributed by atoms with Crippen LogP contribution < -0.4 is 0 Å². The first-order chi connectivity index (χ1) is 9.87. The number of rotatable bonds is 7. The zero-order chi connectivity index (χ0) is 15.5. The quantitative estimate of drug-likeness (QED) is 0.802. The second-order valence-corrected chi connectivity index (χ2v) is 6.44. The van der Waals surface area contributed by atoms with E-state index in [1.807, 2.05) is 0 Å². The van der Waals surface area contributed by atoms with Crippen LogP contribution in [0.3, 0.4) is 0 Å². The molecule has 2 N–H and O–H groups in total. The van der Waals surface area contributed by atoms with Crippen molar-refractivity contribution >= 4 is 11.3 Å². The summed E-state index contributed by atoms with van der Waals surface area (Å²) in [6.45, 7) is -0.372. The first-order valence-corrected chi connectivity index (χ1v) is 7.74. The molecule has 0 fully saturated rings. The largest absolute Gasteiger partial charge is 0.394 e. The van der Waals surface area contributed by atoms with Gasteiger partial charge in [0.15, 0.2) is 0 Å². The smallest absolute Gasteiger partial charge is 0.390 e. The molecule has 4 nitrogen and oxygen atoms in total. The topological polar surface area (TPSA) is 56.6 Å². The molecule has 1 aliphatic carbocycles. The van der Waals surface area contributed by atoms with E-state index < -0.39 is 25.3 Å². The maximum absolute atomic E-state index is 12.4. The Hall–Kier alpha value is -0.700. The summed E-state index contributed by atoms with van der Waals surface area (Å²) in [4.78, 5) is 7.19. The summed E-state index contributed by atoms with van der Waals surface area (Å²) in [5.74, 6) is 0. The van der Waals surface area contributed by atoms with Gasteiger partial charge in [-0.1, -0.05) is 0 Å². The minimum atomic E-state index is -4.23. The summed E-state index contributed by atoms with van der Waals surface area (Å²) in [7, 11) is 0. The van der Waals surface area contributed by atoms with Crippen molar-refractivity contribution in [3.8, 4) is 0 Å². The van der Waals surface area contributed by atoms with Gasteiger partial charge in [-0.2, -0.15) is 13.2 Å². The van der Waals surface area contributed by atoms with E-state index in [1.54, 1.807) is 11.3 Å². The summed E-state index contributed by atoms with van der Waals surface area (Å²) in [5, 5.41) is 19.1. The van der Waals surface area contributed by atoms with E-state index >= 15 is 0 Å². The van der Waals surface area contributed by atoms with Crippen molar-refractivity contribution in [1.29, 1.82) is 0 Å². The van der Waals surface area contributed by atoms with Crippen LogP contribution in [0.4, 0.5) is 13.2 Å². The molecule has 0 aromatic carbocycles. The van der Waals surface area contributed by atoms with E-state index in [-0.39, 0.29) is 19.6 Å². The Morgan fingerprint density at radius 1 is 1.33 bits per heavy atom. The molecule has 0 aliphatic heterocycles. The SMILES string of the molecule is OC[C@@H](O)CN(CCC(F)(F)F)Cc1nc2c(s1)CCC2. The van der Waals surface area contributed by atoms with Crippen LogP contribution in [0.1, 0.15) is 28.4 Å². The number of thiazole rings is 1. The molecule has 0 amide bonds. The summed E-state index contributed by atoms with van der Waals surface area (Å²) in [6.07, 6.45) is -3.17. The second kappa shape index (κ2) is 7.04. The molecule has 21 heavy (non-hydrogen) atoms. The van der Waals surface area contributed by atoms with E-state index in [4.69, 9.17) is 5.11 Å². The van der Waals surface area contributed by atoms with Gasteiger partial charge >= 0.3 is 6.18 Å². The second-order valence-electron chi connectivity index (χ2n) is 5.27. The average molecular weight is 324 g/mol. The summed E-state index contributed by atoms with van der Waals surface area (Å²) < 4.78 is 37.1. The normalized spacial score (nSPS) is 16.5. The van der Waals surface area contributed by atoms with Crippen molar-refractivity contribution in [2.75, 3.05) is 19.7 Å². The predicted molar refractivity (Wildman–Crippen MR) is 73.2 cm³/mol. The fourth-order valence-electron chi connectivity index (χ4n) is 2.38. The number of hydrogen-bond acceptors (Lipinski definition) is 5. The molecular formula is C13H19F3N2O2S. The van der Waals surface area contributed by atoms with E-state index in [0.29, 0.717) is 0 Å². The molecule has 1 aromatic rings. The number of aliphatic hydroxyl groups is 2. The van der Waals surface area contributed by atoms with Crippen LogP contribution in [0.25, 0.3) is 0 Å². The van der Waals surface area contributed by atoms with Gasteiger partial charge in [-0.05, 0) is 19.3 Å². The summed E-state index contributed by atoms with van der Waals surface area (Å²) >= 11 is 1.54. The molecule has 0 unspecified atom stereocenters. The highest BCUT2D eigenvalue weighted by Gasteiger charge is 2.28. The highest BCUT2D eigenvalue weighted by Crippen LogP contribution is 2.28. The van der Waals surface area contributed by atoms with Gasteiger partial charge in [0, 0.05) is 18.0 Å². The Labute approximate surface area is 125 Å². The maximum Gasteiger partial charge on any atom is 0.390 e. The molecule has 8 heteroatoms. The van der Waals surface area contributed by atoms with Gasteiger partial charge in [0.25, 0.3) is 0 Å². The van der Waals surface area contributed by atoms with E-state index in [9.17, 15) is 18.3 Å². The molecule has 0 radical (unpaired) electrons. The monoisotopic (exact) mass is 324 g/mol. The Morgan fingerprint density at radius 2 is 2.10 bits per heavy atom. The molecule has 2 rings (SSSR count). The van der Waals surface area contributed by atoms with Crippen molar-refractivity contribution in [2.24, 2.45) is 0 Å². The lowest BCUT2D eigenvalue weighted by Gasteiger charge is -2.24. The lowest BCUT2D eigenvalue weighted by molar-refractivity contribution is -0.139. The van der Waals surface area contributed by atoms with Gasteiger partial charge in [0.2, 0.25) is 0 Å². The lowest BCUT2D eigenvalue weighted by atomic mass is 10.3. The fourth-order valence-corrected chi connectivity index (χ4v) is 3.58. The van der Waals surface area contributed by atoms with Crippen LogP contribution in [-0.2, 0) is 19.4 Å². The van der Waals surface area contributed by atoms with Gasteiger partial charge in [0.05, 0.1) is 31.4 Å². The van der Waals surface area contributed by atoms with Crippen molar-refractivity contribution in [3.63, 3.8) is 0 Å². The highest BCUT2D eigenvalue weighted by atomic mass is 32.1. The molecule has 1 atom stereocenters. The average Bonchev–Trinajstić information content (AvgIpc) is 2.95. The molecule has 0 spiro atoms.